The van der Waals surface area contributed by atoms with Crippen molar-refractivity contribution in [1.82, 2.24) is 15.3 Å². The molecule has 1 aliphatic carbocycles. The Kier molecular flexibility index (Phi) is 4.22. The Hall–Kier alpha value is -2.17. The molecule has 1 heterocycles. The van der Waals surface area contributed by atoms with E-state index in [1.54, 1.807) is 0 Å². The third-order valence-electron chi connectivity index (χ3n) is 4.28. The van der Waals surface area contributed by atoms with Gasteiger partial charge in [-0.3, -0.25) is 9.59 Å². The molecule has 0 bridgehead atoms. The first-order chi connectivity index (χ1) is 10.7. The second-order valence-electron chi connectivity index (χ2n) is 5.94. The maximum absolute atomic E-state index is 12.2. The molecule has 1 aromatic carbocycles. The lowest BCUT2D eigenvalue weighted by Gasteiger charge is -2.11. The Morgan fingerprint density at radius 3 is 2.86 bits per heavy atom. The van der Waals surface area contributed by atoms with Crippen molar-refractivity contribution in [2.45, 2.75) is 51.5 Å². The van der Waals surface area contributed by atoms with Gasteiger partial charge in [-0.05, 0) is 37.0 Å². The molecule has 0 radical (unpaired) electrons. The number of aromatic amines is 1. The number of hydrogen-bond acceptors (Lipinski definition) is 3. The van der Waals surface area contributed by atoms with Crippen LogP contribution in [-0.2, 0) is 17.6 Å². The van der Waals surface area contributed by atoms with E-state index in [1.807, 2.05) is 25.1 Å². The molecule has 2 N–H and O–H groups in total. The van der Waals surface area contributed by atoms with Gasteiger partial charge in [0.2, 0.25) is 5.91 Å². The summed E-state index contributed by atoms with van der Waals surface area (Å²) in [6.07, 6.45) is 5.45. The van der Waals surface area contributed by atoms with Crippen molar-refractivity contribution in [3.63, 3.8) is 0 Å². The normalized spacial score (nSPS) is 15.3. The Morgan fingerprint density at radius 1 is 1.36 bits per heavy atom. The third kappa shape index (κ3) is 3.18. The zero-order valence-electron chi connectivity index (χ0n) is 12.8. The minimum atomic E-state index is -0.177. The van der Waals surface area contributed by atoms with Gasteiger partial charge in [-0.15, -0.1) is 0 Å². The van der Waals surface area contributed by atoms with Crippen LogP contribution < -0.4 is 10.9 Å². The van der Waals surface area contributed by atoms with E-state index in [1.165, 1.54) is 12.8 Å². The number of nitrogens with one attached hydrogen (secondary N) is 2. The topological polar surface area (TPSA) is 74.8 Å². The maximum Gasteiger partial charge on any atom is 0.258 e. The molecule has 0 unspecified atom stereocenters. The van der Waals surface area contributed by atoms with E-state index in [-0.39, 0.29) is 23.9 Å². The van der Waals surface area contributed by atoms with E-state index in [0.717, 1.165) is 24.8 Å². The number of aryl methyl sites for hydroxylation is 1. The van der Waals surface area contributed by atoms with Gasteiger partial charge in [-0.1, -0.05) is 25.8 Å². The first-order valence-corrected chi connectivity index (χ1v) is 7.97. The van der Waals surface area contributed by atoms with Gasteiger partial charge in [0, 0.05) is 6.04 Å². The summed E-state index contributed by atoms with van der Waals surface area (Å²) in [4.78, 5) is 31.3. The molecule has 1 amide bonds. The van der Waals surface area contributed by atoms with Crippen LogP contribution in [0.4, 0.5) is 0 Å². The first-order valence-electron chi connectivity index (χ1n) is 7.97. The zero-order valence-corrected chi connectivity index (χ0v) is 12.8. The molecular formula is C17H21N3O2. The third-order valence-corrected chi connectivity index (χ3v) is 4.28. The number of benzene rings is 1. The highest BCUT2D eigenvalue weighted by atomic mass is 16.1. The number of H-pyrrole nitrogens is 1. The largest absolute Gasteiger partial charge is 0.353 e. The number of nitrogens with zero attached hydrogens (tertiary/aromatic N) is 1. The van der Waals surface area contributed by atoms with Crippen LogP contribution >= 0.6 is 0 Å². The highest BCUT2D eigenvalue weighted by Crippen LogP contribution is 2.17. The van der Waals surface area contributed by atoms with Crippen LogP contribution in [0.1, 0.15) is 44.0 Å². The molecule has 0 atom stereocenters. The molecule has 0 aliphatic heterocycles. The summed E-state index contributed by atoms with van der Waals surface area (Å²) in [5.74, 6) is 0.358. The Morgan fingerprint density at radius 2 is 2.14 bits per heavy atom. The first kappa shape index (κ1) is 14.8. The number of rotatable bonds is 4. The van der Waals surface area contributed by atoms with Gasteiger partial charge in [0.25, 0.3) is 5.56 Å². The Balaban J connectivity index is 1.79. The van der Waals surface area contributed by atoms with Gasteiger partial charge in [-0.25, -0.2) is 4.98 Å². The molecule has 5 nitrogen and oxygen atoms in total. The predicted octanol–water partition coefficient (Wildman–Crippen LogP) is 2.09. The molecular weight excluding hydrogens is 278 g/mol. The lowest BCUT2D eigenvalue weighted by Crippen LogP contribution is -2.34. The number of hydrogen-bond donors (Lipinski definition) is 2. The van der Waals surface area contributed by atoms with Crippen LogP contribution in [0.25, 0.3) is 10.9 Å². The fourth-order valence-electron chi connectivity index (χ4n) is 3.04. The van der Waals surface area contributed by atoms with Gasteiger partial charge >= 0.3 is 0 Å². The summed E-state index contributed by atoms with van der Waals surface area (Å²) in [5.41, 5.74) is 1.57. The van der Waals surface area contributed by atoms with Gasteiger partial charge in [0.1, 0.15) is 5.82 Å². The molecule has 116 valence electrons. The van der Waals surface area contributed by atoms with Gasteiger partial charge in [-0.2, -0.15) is 0 Å². The average Bonchev–Trinajstić information content (AvgIpc) is 2.99. The summed E-state index contributed by atoms with van der Waals surface area (Å²) in [6, 6.07) is 5.97. The Bertz CT molecular complexity index is 745. The Labute approximate surface area is 129 Å². The molecule has 2 aromatic rings. The number of amides is 1. The fraction of sp³-hybridized carbons (Fsp3) is 0.471. The van der Waals surface area contributed by atoms with E-state index in [0.29, 0.717) is 16.7 Å². The van der Waals surface area contributed by atoms with Gasteiger partial charge < -0.3 is 10.3 Å². The quantitative estimate of drug-likeness (QED) is 0.907. The molecule has 1 fully saturated rings. The minimum absolute atomic E-state index is 0.0698. The van der Waals surface area contributed by atoms with E-state index in [2.05, 4.69) is 15.3 Å². The van der Waals surface area contributed by atoms with Crippen LogP contribution in [0.3, 0.4) is 0 Å². The number of carbonyl (C=O) groups excluding carboxylic acids is 1. The van der Waals surface area contributed by atoms with Crippen molar-refractivity contribution in [2.75, 3.05) is 0 Å². The highest BCUT2D eigenvalue weighted by molar-refractivity contribution is 5.81. The van der Waals surface area contributed by atoms with Crippen molar-refractivity contribution in [3.8, 4) is 0 Å². The van der Waals surface area contributed by atoms with Crippen molar-refractivity contribution in [3.05, 3.63) is 39.9 Å². The van der Waals surface area contributed by atoms with E-state index < -0.39 is 0 Å². The van der Waals surface area contributed by atoms with E-state index in [9.17, 15) is 9.59 Å². The zero-order chi connectivity index (χ0) is 15.5. The predicted molar refractivity (Wildman–Crippen MR) is 85.8 cm³/mol. The summed E-state index contributed by atoms with van der Waals surface area (Å²) in [6.45, 7) is 2.05. The van der Waals surface area contributed by atoms with E-state index in [4.69, 9.17) is 0 Å². The van der Waals surface area contributed by atoms with Crippen LogP contribution in [0.15, 0.2) is 23.0 Å². The van der Waals surface area contributed by atoms with Crippen LogP contribution in [0, 0.1) is 0 Å². The molecule has 1 aliphatic rings. The summed E-state index contributed by atoms with van der Waals surface area (Å²) in [5, 5.41) is 3.59. The van der Waals surface area contributed by atoms with Crippen molar-refractivity contribution in [1.29, 1.82) is 0 Å². The summed E-state index contributed by atoms with van der Waals surface area (Å²) in [7, 11) is 0. The van der Waals surface area contributed by atoms with Crippen LogP contribution in [0.2, 0.25) is 0 Å². The van der Waals surface area contributed by atoms with Crippen molar-refractivity contribution in [2.24, 2.45) is 0 Å². The summed E-state index contributed by atoms with van der Waals surface area (Å²) < 4.78 is 0. The lowest BCUT2D eigenvalue weighted by molar-refractivity contribution is -0.121. The summed E-state index contributed by atoms with van der Waals surface area (Å²) >= 11 is 0. The molecule has 3 rings (SSSR count). The number of fused-ring (bicyclic) bond motifs is 1. The second kappa shape index (κ2) is 6.30. The standard InChI is InChI=1S/C17H21N3O2/c1-2-11-7-8-14-13(9-11)17(22)20-15(19-14)10-16(21)18-12-5-3-4-6-12/h7-9,12H,2-6,10H2,1H3,(H,18,21)(H,19,20,22). The molecule has 0 spiro atoms. The average molecular weight is 299 g/mol. The molecule has 1 saturated carbocycles. The van der Waals surface area contributed by atoms with Gasteiger partial charge in [0.15, 0.2) is 0 Å². The van der Waals surface area contributed by atoms with E-state index >= 15 is 0 Å². The number of carbonyl (C=O) groups is 1. The van der Waals surface area contributed by atoms with Crippen molar-refractivity contribution >= 4 is 16.8 Å². The minimum Gasteiger partial charge on any atom is -0.353 e. The van der Waals surface area contributed by atoms with Crippen LogP contribution in [0.5, 0.6) is 0 Å². The maximum atomic E-state index is 12.2. The molecule has 0 saturated heterocycles. The number of aromatic nitrogens is 2. The molecule has 1 aromatic heterocycles. The van der Waals surface area contributed by atoms with Crippen LogP contribution in [-0.4, -0.2) is 21.9 Å². The highest BCUT2D eigenvalue weighted by Gasteiger charge is 2.18. The second-order valence-corrected chi connectivity index (χ2v) is 5.94. The van der Waals surface area contributed by atoms with Crippen molar-refractivity contribution < 1.29 is 4.79 Å². The fourth-order valence-corrected chi connectivity index (χ4v) is 3.04. The molecule has 22 heavy (non-hydrogen) atoms. The lowest BCUT2D eigenvalue weighted by atomic mass is 10.1. The SMILES string of the molecule is CCc1ccc2nc(CC(=O)NC3CCCC3)[nH]c(=O)c2c1. The smallest absolute Gasteiger partial charge is 0.258 e. The monoisotopic (exact) mass is 299 g/mol. The molecule has 5 heteroatoms. The van der Waals surface area contributed by atoms with Gasteiger partial charge in [0.05, 0.1) is 17.3 Å².